The van der Waals surface area contributed by atoms with Crippen molar-refractivity contribution in [3.63, 3.8) is 0 Å². The number of nitrogens with one attached hydrogen (secondary N) is 1. The van der Waals surface area contributed by atoms with Crippen molar-refractivity contribution in [3.8, 4) is 0 Å². The molecule has 0 atom stereocenters. The van der Waals surface area contributed by atoms with Gasteiger partial charge in [-0.05, 0) is 18.1 Å². The number of hydrogen-bond donors (Lipinski definition) is 1. The summed E-state index contributed by atoms with van der Waals surface area (Å²) in [7, 11) is 0. The van der Waals surface area contributed by atoms with E-state index in [0.29, 0.717) is 17.5 Å². The fraction of sp³-hybridized carbons (Fsp3) is 0.231. The smallest absolute Gasteiger partial charge is 0.255 e. The molecule has 7 heteroatoms. The van der Waals surface area contributed by atoms with Crippen LogP contribution in [0.25, 0.3) is 5.78 Å². The SMILES string of the molecule is CCc1cccnc1CNc1cc(Cl)nc2ncnn12. The first-order chi connectivity index (χ1) is 9.78. The summed E-state index contributed by atoms with van der Waals surface area (Å²) in [5, 5.41) is 7.77. The van der Waals surface area contributed by atoms with E-state index < -0.39 is 0 Å². The molecule has 20 heavy (non-hydrogen) atoms. The Hall–Kier alpha value is -2.21. The molecule has 3 aromatic heterocycles. The Bertz CT molecular complexity index is 739. The molecule has 0 radical (unpaired) electrons. The summed E-state index contributed by atoms with van der Waals surface area (Å²) in [6, 6.07) is 5.74. The zero-order chi connectivity index (χ0) is 13.9. The van der Waals surface area contributed by atoms with E-state index in [9.17, 15) is 0 Å². The third-order valence-corrected chi connectivity index (χ3v) is 3.22. The van der Waals surface area contributed by atoms with Gasteiger partial charge in [0.05, 0.1) is 12.2 Å². The van der Waals surface area contributed by atoms with Gasteiger partial charge in [-0.25, -0.2) is 0 Å². The van der Waals surface area contributed by atoms with Crippen LogP contribution in [0.3, 0.4) is 0 Å². The van der Waals surface area contributed by atoms with Gasteiger partial charge >= 0.3 is 0 Å². The van der Waals surface area contributed by atoms with Crippen molar-refractivity contribution >= 4 is 23.2 Å². The van der Waals surface area contributed by atoms with Gasteiger partial charge in [-0.3, -0.25) is 4.98 Å². The molecule has 0 unspecified atom stereocenters. The topological polar surface area (TPSA) is 68.0 Å². The molecule has 0 spiro atoms. The first kappa shape index (κ1) is 12.8. The molecule has 0 aliphatic carbocycles. The fourth-order valence-corrected chi connectivity index (χ4v) is 2.21. The predicted molar refractivity (Wildman–Crippen MR) is 76.7 cm³/mol. The Balaban J connectivity index is 1.88. The summed E-state index contributed by atoms with van der Waals surface area (Å²) in [5.74, 6) is 1.21. The van der Waals surface area contributed by atoms with Crippen LogP contribution in [0.15, 0.2) is 30.7 Å². The average Bonchev–Trinajstić information content (AvgIpc) is 2.93. The highest BCUT2D eigenvalue weighted by Gasteiger charge is 2.07. The highest BCUT2D eigenvalue weighted by molar-refractivity contribution is 6.29. The van der Waals surface area contributed by atoms with E-state index in [2.05, 4.69) is 38.4 Å². The third kappa shape index (κ3) is 2.42. The summed E-state index contributed by atoms with van der Waals surface area (Å²) in [6.07, 6.45) is 4.18. The second-order valence-electron chi connectivity index (χ2n) is 4.25. The summed E-state index contributed by atoms with van der Waals surface area (Å²) >= 11 is 5.97. The van der Waals surface area contributed by atoms with Gasteiger partial charge in [0.25, 0.3) is 5.78 Å². The van der Waals surface area contributed by atoms with Crippen LogP contribution < -0.4 is 5.32 Å². The van der Waals surface area contributed by atoms with Gasteiger partial charge in [0.15, 0.2) is 0 Å². The lowest BCUT2D eigenvalue weighted by Crippen LogP contribution is -2.09. The second-order valence-corrected chi connectivity index (χ2v) is 4.64. The van der Waals surface area contributed by atoms with Crippen LogP contribution in [0.4, 0.5) is 5.82 Å². The van der Waals surface area contributed by atoms with E-state index in [0.717, 1.165) is 17.9 Å². The van der Waals surface area contributed by atoms with Gasteiger partial charge in [-0.1, -0.05) is 24.6 Å². The Labute approximate surface area is 120 Å². The molecule has 0 aliphatic heterocycles. The molecule has 0 aliphatic rings. The minimum Gasteiger partial charge on any atom is -0.364 e. The largest absolute Gasteiger partial charge is 0.364 e. The summed E-state index contributed by atoms with van der Waals surface area (Å²) < 4.78 is 1.61. The highest BCUT2D eigenvalue weighted by Crippen LogP contribution is 2.16. The van der Waals surface area contributed by atoms with E-state index in [4.69, 9.17) is 11.6 Å². The Morgan fingerprint density at radius 3 is 3.10 bits per heavy atom. The van der Waals surface area contributed by atoms with Gasteiger partial charge < -0.3 is 5.32 Å². The van der Waals surface area contributed by atoms with Gasteiger partial charge in [0, 0.05) is 12.3 Å². The molecular formula is C13H13ClN6. The normalized spacial score (nSPS) is 10.9. The standard InChI is InChI=1S/C13H13ClN6/c1-2-9-4-3-5-15-10(9)7-16-12-6-11(14)19-13-17-8-18-20(12)13/h3-6,8,16H,2,7H2,1H3. The van der Waals surface area contributed by atoms with Gasteiger partial charge in [-0.15, -0.1) is 0 Å². The van der Waals surface area contributed by atoms with E-state index in [-0.39, 0.29) is 0 Å². The number of aromatic nitrogens is 5. The lowest BCUT2D eigenvalue weighted by atomic mass is 10.1. The maximum Gasteiger partial charge on any atom is 0.255 e. The number of anilines is 1. The molecular weight excluding hydrogens is 276 g/mol. The van der Waals surface area contributed by atoms with Crippen LogP contribution in [-0.2, 0) is 13.0 Å². The first-order valence-electron chi connectivity index (χ1n) is 6.31. The van der Waals surface area contributed by atoms with Crippen molar-refractivity contribution in [2.24, 2.45) is 0 Å². The van der Waals surface area contributed by atoms with Crippen LogP contribution in [-0.4, -0.2) is 24.6 Å². The summed E-state index contributed by atoms with van der Waals surface area (Å²) in [5.41, 5.74) is 2.23. The van der Waals surface area contributed by atoms with Crippen molar-refractivity contribution < 1.29 is 0 Å². The first-order valence-corrected chi connectivity index (χ1v) is 6.68. The van der Waals surface area contributed by atoms with E-state index in [1.165, 1.54) is 11.9 Å². The van der Waals surface area contributed by atoms with Gasteiger partial charge in [0.1, 0.15) is 17.3 Å². The predicted octanol–water partition coefficient (Wildman–Crippen LogP) is 2.35. The number of halogens is 1. The molecule has 3 rings (SSSR count). The van der Waals surface area contributed by atoms with Crippen LogP contribution in [0, 0.1) is 0 Å². The Morgan fingerprint density at radius 2 is 2.25 bits per heavy atom. The van der Waals surface area contributed by atoms with Crippen LogP contribution >= 0.6 is 11.6 Å². The lowest BCUT2D eigenvalue weighted by Gasteiger charge is -2.10. The highest BCUT2D eigenvalue weighted by atomic mass is 35.5. The molecule has 0 aromatic carbocycles. The van der Waals surface area contributed by atoms with Crippen molar-refractivity contribution in [1.29, 1.82) is 0 Å². The van der Waals surface area contributed by atoms with E-state index in [1.54, 1.807) is 16.8 Å². The van der Waals surface area contributed by atoms with Crippen molar-refractivity contribution in [2.45, 2.75) is 19.9 Å². The fourth-order valence-electron chi connectivity index (χ4n) is 2.04. The molecule has 102 valence electrons. The average molecular weight is 289 g/mol. The molecule has 6 nitrogen and oxygen atoms in total. The molecule has 0 saturated heterocycles. The minimum atomic E-state index is 0.379. The monoisotopic (exact) mass is 288 g/mol. The zero-order valence-electron chi connectivity index (χ0n) is 10.9. The maximum absolute atomic E-state index is 5.97. The molecule has 0 fully saturated rings. The molecule has 0 saturated carbocycles. The molecule has 3 heterocycles. The lowest BCUT2D eigenvalue weighted by molar-refractivity contribution is 0.905. The van der Waals surface area contributed by atoms with Crippen LogP contribution in [0.2, 0.25) is 5.15 Å². The van der Waals surface area contributed by atoms with Crippen LogP contribution in [0.5, 0.6) is 0 Å². The number of pyridine rings is 1. The minimum absolute atomic E-state index is 0.379. The summed E-state index contributed by atoms with van der Waals surface area (Å²) in [6.45, 7) is 2.71. The zero-order valence-corrected chi connectivity index (χ0v) is 11.7. The quantitative estimate of drug-likeness (QED) is 0.746. The Morgan fingerprint density at radius 1 is 1.35 bits per heavy atom. The molecule has 0 bridgehead atoms. The van der Waals surface area contributed by atoms with E-state index in [1.807, 2.05) is 6.07 Å². The molecule has 1 N–H and O–H groups in total. The van der Waals surface area contributed by atoms with Crippen molar-refractivity contribution in [1.82, 2.24) is 24.6 Å². The summed E-state index contributed by atoms with van der Waals surface area (Å²) in [4.78, 5) is 12.5. The van der Waals surface area contributed by atoms with E-state index >= 15 is 0 Å². The number of fused-ring (bicyclic) bond motifs is 1. The molecule has 3 aromatic rings. The van der Waals surface area contributed by atoms with Gasteiger partial charge in [0.2, 0.25) is 0 Å². The number of aryl methyl sites for hydroxylation is 1. The van der Waals surface area contributed by atoms with Crippen molar-refractivity contribution in [2.75, 3.05) is 5.32 Å². The maximum atomic E-state index is 5.97. The number of rotatable bonds is 4. The number of hydrogen-bond acceptors (Lipinski definition) is 5. The second kappa shape index (κ2) is 5.42. The molecule has 0 amide bonds. The van der Waals surface area contributed by atoms with Crippen LogP contribution in [0.1, 0.15) is 18.2 Å². The number of nitrogens with zero attached hydrogens (tertiary/aromatic N) is 5. The van der Waals surface area contributed by atoms with Crippen molar-refractivity contribution in [3.05, 3.63) is 47.1 Å². The third-order valence-electron chi connectivity index (χ3n) is 3.02. The van der Waals surface area contributed by atoms with Gasteiger partial charge in [-0.2, -0.15) is 19.6 Å². The Kier molecular flexibility index (Phi) is 3.47.